The van der Waals surface area contributed by atoms with Gasteiger partial charge in [0.15, 0.2) is 0 Å². The molecular formula is C18H18FN3O5. The topological polar surface area (TPSA) is 111 Å². The Bertz CT molecular complexity index is 876. The number of amides is 2. The number of nitrogens with one attached hydrogen (secondary N) is 2. The minimum atomic E-state index is -0.990. The van der Waals surface area contributed by atoms with E-state index in [4.69, 9.17) is 4.74 Å². The van der Waals surface area contributed by atoms with Crippen molar-refractivity contribution < 1.29 is 23.6 Å². The SMILES string of the molecule is CC(C)(C)OC(=O)Nc1ccc(C(=O)Nc2ccc(F)c([N+](=O)[O-])c2)cc1. The van der Waals surface area contributed by atoms with Crippen molar-refractivity contribution in [2.75, 3.05) is 10.6 Å². The normalized spacial score (nSPS) is 10.8. The van der Waals surface area contributed by atoms with Gasteiger partial charge in [0.05, 0.1) is 4.92 Å². The second kappa shape index (κ2) is 7.81. The fourth-order valence-electron chi connectivity index (χ4n) is 2.06. The maximum absolute atomic E-state index is 13.3. The molecule has 2 N–H and O–H groups in total. The molecule has 2 rings (SSSR count). The number of halogens is 1. The Hall–Kier alpha value is -3.49. The van der Waals surface area contributed by atoms with Crippen LogP contribution in [0.2, 0.25) is 0 Å². The minimum Gasteiger partial charge on any atom is -0.444 e. The summed E-state index contributed by atoms with van der Waals surface area (Å²) in [4.78, 5) is 33.8. The fraction of sp³-hybridized carbons (Fsp3) is 0.222. The van der Waals surface area contributed by atoms with Gasteiger partial charge in [0.25, 0.3) is 5.91 Å². The van der Waals surface area contributed by atoms with Gasteiger partial charge in [-0.3, -0.25) is 20.2 Å². The summed E-state index contributed by atoms with van der Waals surface area (Å²) in [5.41, 5.74) is -0.606. The molecule has 0 aliphatic rings. The van der Waals surface area contributed by atoms with Gasteiger partial charge in [-0.05, 0) is 57.2 Å². The fourth-order valence-corrected chi connectivity index (χ4v) is 2.06. The van der Waals surface area contributed by atoms with Crippen LogP contribution in [0.15, 0.2) is 42.5 Å². The molecule has 0 fully saturated rings. The zero-order valence-electron chi connectivity index (χ0n) is 14.9. The molecule has 2 aromatic rings. The lowest BCUT2D eigenvalue weighted by molar-refractivity contribution is -0.387. The molecular weight excluding hydrogens is 357 g/mol. The molecule has 0 saturated carbocycles. The second-order valence-electron chi connectivity index (χ2n) is 6.58. The number of rotatable bonds is 4. The Morgan fingerprint density at radius 3 is 2.19 bits per heavy atom. The second-order valence-corrected chi connectivity index (χ2v) is 6.58. The molecule has 0 heterocycles. The monoisotopic (exact) mass is 375 g/mol. The number of benzene rings is 2. The summed E-state index contributed by atoms with van der Waals surface area (Å²) in [7, 11) is 0. The van der Waals surface area contributed by atoms with E-state index in [1.807, 2.05) is 0 Å². The Balaban J connectivity index is 2.05. The van der Waals surface area contributed by atoms with Crippen molar-refractivity contribution >= 4 is 29.1 Å². The Labute approximate surface area is 154 Å². The number of carbonyl (C=O) groups is 2. The van der Waals surface area contributed by atoms with E-state index in [-0.39, 0.29) is 11.3 Å². The Morgan fingerprint density at radius 1 is 1.04 bits per heavy atom. The number of carbonyl (C=O) groups excluding carboxylic acids is 2. The molecule has 2 amide bonds. The first kappa shape index (κ1) is 19.8. The van der Waals surface area contributed by atoms with Crippen LogP contribution < -0.4 is 10.6 Å². The highest BCUT2D eigenvalue weighted by molar-refractivity contribution is 6.04. The maximum Gasteiger partial charge on any atom is 0.412 e. The van der Waals surface area contributed by atoms with Gasteiger partial charge in [-0.1, -0.05) is 0 Å². The predicted molar refractivity (Wildman–Crippen MR) is 97.3 cm³/mol. The van der Waals surface area contributed by atoms with Crippen LogP contribution in [0.1, 0.15) is 31.1 Å². The smallest absolute Gasteiger partial charge is 0.412 e. The number of ether oxygens (including phenoxy) is 1. The van der Waals surface area contributed by atoms with Crippen LogP contribution in [-0.2, 0) is 4.74 Å². The lowest BCUT2D eigenvalue weighted by Crippen LogP contribution is -2.27. The summed E-state index contributed by atoms with van der Waals surface area (Å²) in [6.07, 6.45) is -0.627. The molecule has 0 unspecified atom stereocenters. The van der Waals surface area contributed by atoms with Gasteiger partial charge in [0.1, 0.15) is 5.60 Å². The molecule has 0 aliphatic heterocycles. The summed E-state index contributed by atoms with van der Waals surface area (Å²) < 4.78 is 18.5. The van der Waals surface area contributed by atoms with E-state index in [0.717, 1.165) is 12.1 Å². The Morgan fingerprint density at radius 2 is 1.63 bits per heavy atom. The van der Waals surface area contributed by atoms with E-state index in [9.17, 15) is 24.1 Å². The number of hydrogen-bond acceptors (Lipinski definition) is 5. The van der Waals surface area contributed by atoms with Crippen LogP contribution in [-0.4, -0.2) is 22.5 Å². The highest BCUT2D eigenvalue weighted by atomic mass is 19.1. The predicted octanol–water partition coefficient (Wildman–Crippen LogP) is 4.33. The van der Waals surface area contributed by atoms with Gasteiger partial charge in [0, 0.05) is 23.0 Å². The summed E-state index contributed by atoms with van der Waals surface area (Å²) in [6, 6.07) is 8.99. The molecule has 9 heteroatoms. The molecule has 0 atom stereocenters. The molecule has 142 valence electrons. The van der Waals surface area contributed by atoms with Gasteiger partial charge < -0.3 is 10.1 Å². The van der Waals surface area contributed by atoms with Crippen LogP contribution in [0.25, 0.3) is 0 Å². The van der Waals surface area contributed by atoms with Crippen LogP contribution in [0.3, 0.4) is 0 Å². The minimum absolute atomic E-state index is 0.0871. The first-order valence-electron chi connectivity index (χ1n) is 7.90. The summed E-state index contributed by atoms with van der Waals surface area (Å²) in [5, 5.41) is 15.7. The van der Waals surface area contributed by atoms with E-state index in [1.54, 1.807) is 20.8 Å². The molecule has 0 saturated heterocycles. The lowest BCUT2D eigenvalue weighted by atomic mass is 10.2. The molecule has 2 aromatic carbocycles. The van der Waals surface area contributed by atoms with Crippen LogP contribution in [0, 0.1) is 15.9 Å². The van der Waals surface area contributed by atoms with E-state index >= 15 is 0 Å². The Kier molecular flexibility index (Phi) is 5.74. The molecule has 27 heavy (non-hydrogen) atoms. The number of nitrogens with zero attached hydrogens (tertiary/aromatic N) is 1. The van der Waals surface area contributed by atoms with Crippen molar-refractivity contribution in [1.82, 2.24) is 0 Å². The van der Waals surface area contributed by atoms with E-state index in [2.05, 4.69) is 10.6 Å². The summed E-state index contributed by atoms with van der Waals surface area (Å²) in [6.45, 7) is 5.21. The molecule has 0 spiro atoms. The average molecular weight is 375 g/mol. The average Bonchev–Trinajstić information content (AvgIpc) is 2.55. The van der Waals surface area contributed by atoms with Gasteiger partial charge >= 0.3 is 11.8 Å². The van der Waals surface area contributed by atoms with Gasteiger partial charge in [-0.15, -0.1) is 0 Å². The lowest BCUT2D eigenvalue weighted by Gasteiger charge is -2.19. The van der Waals surface area contributed by atoms with Crippen molar-refractivity contribution in [3.05, 3.63) is 64.0 Å². The third-order valence-electron chi connectivity index (χ3n) is 3.19. The van der Waals surface area contributed by atoms with Gasteiger partial charge in [-0.2, -0.15) is 4.39 Å². The van der Waals surface area contributed by atoms with E-state index < -0.39 is 34.0 Å². The highest BCUT2D eigenvalue weighted by Gasteiger charge is 2.17. The number of hydrogen-bond donors (Lipinski definition) is 2. The third kappa shape index (κ3) is 5.77. The maximum atomic E-state index is 13.3. The first-order chi connectivity index (χ1) is 12.5. The van der Waals surface area contributed by atoms with Gasteiger partial charge in [-0.25, -0.2) is 4.79 Å². The molecule has 8 nitrogen and oxygen atoms in total. The quantitative estimate of drug-likeness (QED) is 0.610. The molecule has 0 aliphatic carbocycles. The van der Waals surface area contributed by atoms with Crippen LogP contribution in [0.5, 0.6) is 0 Å². The van der Waals surface area contributed by atoms with E-state index in [1.165, 1.54) is 30.3 Å². The molecule has 0 radical (unpaired) electrons. The molecule has 0 bridgehead atoms. The number of anilines is 2. The number of nitro benzene ring substituents is 1. The van der Waals surface area contributed by atoms with Crippen molar-refractivity contribution in [3.8, 4) is 0 Å². The molecule has 0 aromatic heterocycles. The van der Waals surface area contributed by atoms with Crippen LogP contribution >= 0.6 is 0 Å². The number of nitro groups is 1. The highest BCUT2D eigenvalue weighted by Crippen LogP contribution is 2.22. The zero-order chi connectivity index (χ0) is 20.2. The van der Waals surface area contributed by atoms with E-state index in [0.29, 0.717) is 5.69 Å². The van der Waals surface area contributed by atoms with Crippen molar-refractivity contribution in [2.24, 2.45) is 0 Å². The van der Waals surface area contributed by atoms with Gasteiger partial charge in [0.2, 0.25) is 5.82 Å². The van der Waals surface area contributed by atoms with Crippen molar-refractivity contribution in [2.45, 2.75) is 26.4 Å². The first-order valence-corrected chi connectivity index (χ1v) is 7.90. The van der Waals surface area contributed by atoms with Crippen molar-refractivity contribution in [1.29, 1.82) is 0 Å². The zero-order valence-corrected chi connectivity index (χ0v) is 14.9. The largest absolute Gasteiger partial charge is 0.444 e. The summed E-state index contributed by atoms with van der Waals surface area (Å²) >= 11 is 0. The van der Waals surface area contributed by atoms with Crippen molar-refractivity contribution in [3.63, 3.8) is 0 Å². The standard InChI is InChI=1S/C18H18FN3O5/c1-18(2,3)27-17(24)21-12-6-4-11(5-7-12)16(23)20-13-8-9-14(19)15(10-13)22(25)26/h4-10H,1-3H3,(H,20,23)(H,21,24). The van der Waals surface area contributed by atoms with Crippen LogP contribution in [0.4, 0.5) is 26.2 Å². The third-order valence-corrected chi connectivity index (χ3v) is 3.19. The summed E-state index contributed by atoms with van der Waals surface area (Å²) in [5.74, 6) is -1.53.